The van der Waals surface area contributed by atoms with E-state index < -0.39 is 0 Å². The number of fused-ring (bicyclic) bond motifs is 2. The van der Waals surface area contributed by atoms with Gasteiger partial charge in [0.25, 0.3) is 0 Å². The van der Waals surface area contributed by atoms with Crippen LogP contribution in [0.1, 0.15) is 29.2 Å². The summed E-state index contributed by atoms with van der Waals surface area (Å²) in [5.74, 6) is 3.42. The van der Waals surface area contributed by atoms with Crippen LogP contribution in [-0.4, -0.2) is 54.0 Å². The van der Waals surface area contributed by atoms with Crippen LogP contribution in [0.25, 0.3) is 11.1 Å². The highest BCUT2D eigenvalue weighted by Gasteiger charge is 2.37. The fourth-order valence-electron chi connectivity index (χ4n) is 4.91. The molecule has 4 rings (SSSR count). The van der Waals surface area contributed by atoms with Crippen molar-refractivity contribution in [2.75, 3.05) is 49.1 Å². The maximum Gasteiger partial charge on any atom is 0.203 e. The van der Waals surface area contributed by atoms with Crippen molar-refractivity contribution in [3.05, 3.63) is 28.8 Å². The predicted molar refractivity (Wildman–Crippen MR) is 112 cm³/mol. The minimum Gasteiger partial charge on any atom is -0.493 e. The molecule has 1 aliphatic carbocycles. The Labute approximate surface area is 172 Å². The van der Waals surface area contributed by atoms with Gasteiger partial charge >= 0.3 is 0 Å². The van der Waals surface area contributed by atoms with Gasteiger partial charge in [0.05, 0.1) is 35.5 Å². The standard InChI is InChI=1S/C23H29NO5/c1-24-10-9-14-12-16(25-2)21(27-4)20-18(14)15(24)8-7-13-11-17(26-3)22(28-5)23(29-6)19(13)20/h11-12,15H,7-10H2,1-6H3/t15-/m1/s1. The van der Waals surface area contributed by atoms with Crippen LogP contribution in [0.4, 0.5) is 0 Å². The zero-order chi connectivity index (χ0) is 20.7. The van der Waals surface area contributed by atoms with E-state index in [-0.39, 0.29) is 0 Å². The third-order valence-corrected chi connectivity index (χ3v) is 6.24. The second-order valence-corrected chi connectivity index (χ2v) is 7.52. The summed E-state index contributed by atoms with van der Waals surface area (Å²) in [6, 6.07) is 4.51. The van der Waals surface area contributed by atoms with Crippen LogP contribution in [0.2, 0.25) is 0 Å². The third-order valence-electron chi connectivity index (χ3n) is 6.24. The Morgan fingerprint density at radius 1 is 0.724 bits per heavy atom. The highest BCUT2D eigenvalue weighted by atomic mass is 16.5. The number of rotatable bonds is 5. The first-order valence-corrected chi connectivity index (χ1v) is 9.89. The number of benzene rings is 2. The average Bonchev–Trinajstić information content (AvgIpc) is 2.92. The molecule has 1 atom stereocenters. The Balaban J connectivity index is 2.16. The lowest BCUT2D eigenvalue weighted by molar-refractivity contribution is 0.220. The van der Waals surface area contributed by atoms with Crippen LogP contribution in [0.15, 0.2) is 12.1 Å². The van der Waals surface area contributed by atoms with Gasteiger partial charge in [-0.2, -0.15) is 0 Å². The predicted octanol–water partition coefficient (Wildman–Crippen LogP) is 3.87. The number of hydrogen-bond acceptors (Lipinski definition) is 6. The van der Waals surface area contributed by atoms with Gasteiger partial charge in [0.1, 0.15) is 0 Å². The van der Waals surface area contributed by atoms with Gasteiger partial charge in [-0.05, 0) is 55.1 Å². The molecule has 6 heteroatoms. The summed E-state index contributed by atoms with van der Waals surface area (Å²) in [6.45, 7) is 1.02. The first-order chi connectivity index (χ1) is 14.1. The van der Waals surface area contributed by atoms with Gasteiger partial charge in [0.15, 0.2) is 23.0 Å². The van der Waals surface area contributed by atoms with Crippen LogP contribution in [0.5, 0.6) is 28.7 Å². The topological polar surface area (TPSA) is 49.4 Å². The molecule has 0 aromatic heterocycles. The fraction of sp³-hybridized carbons (Fsp3) is 0.478. The molecule has 2 aromatic rings. The summed E-state index contributed by atoms with van der Waals surface area (Å²) in [5.41, 5.74) is 5.83. The van der Waals surface area contributed by atoms with Gasteiger partial charge in [0, 0.05) is 23.7 Å². The smallest absolute Gasteiger partial charge is 0.203 e. The Morgan fingerprint density at radius 3 is 1.97 bits per heavy atom. The molecule has 0 unspecified atom stereocenters. The summed E-state index contributed by atoms with van der Waals surface area (Å²) in [4.78, 5) is 2.44. The maximum absolute atomic E-state index is 5.91. The van der Waals surface area contributed by atoms with E-state index in [9.17, 15) is 0 Å². The lowest BCUT2D eigenvalue weighted by atomic mass is 9.85. The van der Waals surface area contributed by atoms with E-state index in [1.54, 1.807) is 35.5 Å². The molecule has 2 aromatic carbocycles. The van der Waals surface area contributed by atoms with Crippen molar-refractivity contribution in [1.29, 1.82) is 0 Å². The van der Waals surface area contributed by atoms with E-state index in [1.807, 2.05) is 0 Å². The van der Waals surface area contributed by atoms with Crippen LogP contribution in [0, 0.1) is 0 Å². The number of hydrogen-bond donors (Lipinski definition) is 0. The Hall–Kier alpha value is -2.60. The molecule has 0 saturated heterocycles. The Bertz CT molecular complexity index is 940. The zero-order valence-corrected chi connectivity index (χ0v) is 18.0. The summed E-state index contributed by atoms with van der Waals surface area (Å²) < 4.78 is 28.9. The quantitative estimate of drug-likeness (QED) is 0.761. The lowest BCUT2D eigenvalue weighted by Gasteiger charge is -2.36. The van der Waals surface area contributed by atoms with E-state index in [1.165, 1.54) is 11.1 Å². The van der Waals surface area contributed by atoms with Gasteiger partial charge < -0.3 is 23.7 Å². The minimum absolute atomic E-state index is 0.308. The Kier molecular flexibility index (Phi) is 5.21. The van der Waals surface area contributed by atoms with E-state index in [2.05, 4.69) is 24.1 Å². The maximum atomic E-state index is 5.91. The molecule has 29 heavy (non-hydrogen) atoms. The van der Waals surface area contributed by atoms with Gasteiger partial charge in [-0.15, -0.1) is 0 Å². The molecule has 1 heterocycles. The summed E-state index contributed by atoms with van der Waals surface area (Å²) >= 11 is 0. The molecule has 1 aliphatic heterocycles. The average molecular weight is 399 g/mol. The second-order valence-electron chi connectivity index (χ2n) is 7.52. The van der Waals surface area contributed by atoms with Crippen LogP contribution in [-0.2, 0) is 12.8 Å². The van der Waals surface area contributed by atoms with Crippen molar-refractivity contribution in [2.24, 2.45) is 0 Å². The molecule has 0 amide bonds. The Morgan fingerprint density at radius 2 is 1.34 bits per heavy atom. The number of methoxy groups -OCH3 is 5. The second kappa shape index (κ2) is 7.67. The number of likely N-dealkylation sites (N-methyl/N-ethyl adjacent to an activating group) is 1. The molecular weight excluding hydrogens is 370 g/mol. The molecule has 0 saturated carbocycles. The monoisotopic (exact) mass is 399 g/mol. The third kappa shape index (κ3) is 2.89. The van der Waals surface area contributed by atoms with Crippen LogP contribution >= 0.6 is 0 Å². The molecule has 2 aliphatic rings. The van der Waals surface area contributed by atoms with Crippen molar-refractivity contribution in [1.82, 2.24) is 4.90 Å². The number of ether oxygens (including phenoxy) is 5. The fourth-order valence-corrected chi connectivity index (χ4v) is 4.91. The molecule has 0 spiro atoms. The van der Waals surface area contributed by atoms with Crippen molar-refractivity contribution < 1.29 is 23.7 Å². The zero-order valence-electron chi connectivity index (χ0n) is 18.0. The van der Waals surface area contributed by atoms with E-state index in [4.69, 9.17) is 23.7 Å². The number of aryl methyl sites for hydroxylation is 1. The van der Waals surface area contributed by atoms with Gasteiger partial charge in [0.2, 0.25) is 5.75 Å². The number of nitrogens with zero attached hydrogens (tertiary/aromatic N) is 1. The van der Waals surface area contributed by atoms with E-state index in [0.717, 1.165) is 54.0 Å². The van der Waals surface area contributed by atoms with Gasteiger partial charge in [-0.3, -0.25) is 4.90 Å². The van der Waals surface area contributed by atoms with Crippen molar-refractivity contribution >= 4 is 0 Å². The SMILES string of the molecule is COc1cc2c(c(OC)c1OC)-c1c(OC)c(OC)cc3c1[C@@H](CC2)N(C)CC3. The van der Waals surface area contributed by atoms with Gasteiger partial charge in [-0.25, -0.2) is 0 Å². The van der Waals surface area contributed by atoms with E-state index in [0.29, 0.717) is 23.3 Å². The highest BCUT2D eigenvalue weighted by molar-refractivity contribution is 5.88. The highest BCUT2D eigenvalue weighted by Crippen LogP contribution is 2.56. The summed E-state index contributed by atoms with van der Waals surface area (Å²) in [7, 11) is 10.5. The molecule has 0 N–H and O–H groups in total. The molecule has 0 bridgehead atoms. The molecular formula is C23H29NO5. The van der Waals surface area contributed by atoms with Crippen LogP contribution < -0.4 is 23.7 Å². The minimum atomic E-state index is 0.308. The van der Waals surface area contributed by atoms with E-state index >= 15 is 0 Å². The molecule has 6 nitrogen and oxygen atoms in total. The molecule has 156 valence electrons. The first-order valence-electron chi connectivity index (χ1n) is 9.89. The largest absolute Gasteiger partial charge is 0.493 e. The van der Waals surface area contributed by atoms with Crippen molar-refractivity contribution in [3.8, 4) is 39.9 Å². The normalized spacial score (nSPS) is 17.7. The first kappa shape index (κ1) is 19.7. The van der Waals surface area contributed by atoms with Gasteiger partial charge in [-0.1, -0.05) is 0 Å². The molecule has 0 fully saturated rings. The van der Waals surface area contributed by atoms with Crippen molar-refractivity contribution in [2.45, 2.75) is 25.3 Å². The van der Waals surface area contributed by atoms with Crippen LogP contribution in [0.3, 0.4) is 0 Å². The lowest BCUT2D eigenvalue weighted by Crippen LogP contribution is -2.32. The molecule has 0 radical (unpaired) electrons. The van der Waals surface area contributed by atoms with Crippen molar-refractivity contribution in [3.63, 3.8) is 0 Å². The summed E-state index contributed by atoms with van der Waals surface area (Å²) in [5, 5.41) is 0. The summed E-state index contributed by atoms with van der Waals surface area (Å²) in [6.07, 6.45) is 2.89.